The number of aliphatic hydroxyl groups is 1. The Labute approximate surface area is 355 Å². The van der Waals surface area contributed by atoms with Crippen LogP contribution in [0.1, 0.15) is 106 Å². The fraction of sp³-hybridized carbons (Fsp3) is 0.388. The maximum absolute atomic E-state index is 14.1. The van der Waals surface area contributed by atoms with Gasteiger partial charge < -0.3 is 28.2 Å². The molecule has 5 aromatic rings. The van der Waals surface area contributed by atoms with E-state index >= 15 is 0 Å². The summed E-state index contributed by atoms with van der Waals surface area (Å²) >= 11 is 1.33. The number of benzene rings is 5. The van der Waals surface area contributed by atoms with Crippen molar-refractivity contribution >= 4 is 21.9 Å². The second-order valence-corrected chi connectivity index (χ2v) is 17.6. The zero-order valence-electron chi connectivity index (χ0n) is 34.4. The van der Waals surface area contributed by atoms with Crippen molar-refractivity contribution < 1.29 is 36.7 Å². The van der Waals surface area contributed by atoms with Crippen molar-refractivity contribution in [3.05, 3.63) is 138 Å². The van der Waals surface area contributed by atoms with Gasteiger partial charge in [-0.3, -0.25) is 0 Å². The first kappa shape index (κ1) is 44.4. The molecule has 0 amide bonds. The lowest BCUT2D eigenvalue weighted by Crippen LogP contribution is -2.22. The van der Waals surface area contributed by atoms with Crippen molar-refractivity contribution in [1.82, 2.24) is 0 Å². The van der Waals surface area contributed by atoms with Crippen molar-refractivity contribution in [1.29, 1.82) is 0 Å². The molecule has 2 unspecified atom stereocenters. The standard InChI is InChI=1S/C49H58O8S2/c1-3-5-7-8-15-28-53-35-37-31-38(36-56-48-21-14-16-30-55-48)33-40(32-37)49(50)45-20-13-12-19-44(45)39-22-27-46(58-43-25-23-41(24-26-43)54-29-6-4-2)47(34-39)59(51,52)57-42-17-10-9-11-18-42/h9-13,17-20,22-27,31-34,48-50H,3-8,14-16,21,28-30,35-36H2,1-2H3. The molecule has 1 N–H and O–H groups in total. The fourth-order valence-electron chi connectivity index (χ4n) is 6.99. The molecule has 1 aliphatic heterocycles. The highest BCUT2D eigenvalue weighted by Gasteiger charge is 2.25. The smallest absolute Gasteiger partial charge is 0.340 e. The Kier molecular flexibility index (Phi) is 17.3. The number of hydrogen-bond acceptors (Lipinski definition) is 9. The van der Waals surface area contributed by atoms with E-state index in [1.54, 1.807) is 42.5 Å². The van der Waals surface area contributed by atoms with E-state index in [0.29, 0.717) is 60.2 Å². The monoisotopic (exact) mass is 838 g/mol. The van der Waals surface area contributed by atoms with Gasteiger partial charge in [-0.25, -0.2) is 0 Å². The summed E-state index contributed by atoms with van der Waals surface area (Å²) in [5, 5.41) is 12.2. The van der Waals surface area contributed by atoms with Gasteiger partial charge in [-0.15, -0.1) is 0 Å². The third-order valence-electron chi connectivity index (χ3n) is 10.2. The van der Waals surface area contributed by atoms with Crippen molar-refractivity contribution in [3.8, 4) is 22.6 Å². The first-order valence-corrected chi connectivity index (χ1v) is 23.3. The van der Waals surface area contributed by atoms with Crippen LogP contribution in [-0.2, 0) is 37.5 Å². The van der Waals surface area contributed by atoms with Gasteiger partial charge in [0, 0.05) is 23.0 Å². The predicted molar refractivity (Wildman–Crippen MR) is 234 cm³/mol. The van der Waals surface area contributed by atoms with Gasteiger partial charge >= 0.3 is 10.1 Å². The maximum Gasteiger partial charge on any atom is 0.340 e. The van der Waals surface area contributed by atoms with E-state index in [0.717, 1.165) is 66.7 Å². The molecule has 1 aliphatic rings. The molecule has 0 aliphatic carbocycles. The molecule has 0 aromatic heterocycles. The summed E-state index contributed by atoms with van der Waals surface area (Å²) in [5.41, 5.74) is 4.52. The number of aliphatic hydroxyl groups excluding tert-OH is 1. The van der Waals surface area contributed by atoms with Crippen LogP contribution in [-0.4, -0.2) is 39.6 Å². The van der Waals surface area contributed by atoms with Gasteiger partial charge in [0.15, 0.2) is 6.29 Å². The number of rotatable bonds is 23. The minimum absolute atomic E-state index is 0.0228. The highest BCUT2D eigenvalue weighted by atomic mass is 32.2. The van der Waals surface area contributed by atoms with E-state index in [9.17, 15) is 13.5 Å². The lowest BCUT2D eigenvalue weighted by Gasteiger charge is -2.23. The van der Waals surface area contributed by atoms with Gasteiger partial charge in [-0.2, -0.15) is 8.42 Å². The lowest BCUT2D eigenvalue weighted by atomic mass is 9.91. The Morgan fingerprint density at radius 2 is 1.49 bits per heavy atom. The van der Waals surface area contributed by atoms with Crippen LogP contribution >= 0.6 is 11.8 Å². The molecular formula is C49H58O8S2. The minimum atomic E-state index is -4.29. The second-order valence-electron chi connectivity index (χ2n) is 14.9. The topological polar surface area (TPSA) is 101 Å². The third-order valence-corrected chi connectivity index (χ3v) is 12.7. The Balaban J connectivity index is 1.30. The molecule has 0 bridgehead atoms. The predicted octanol–water partition coefficient (Wildman–Crippen LogP) is 12.1. The molecule has 0 spiro atoms. The van der Waals surface area contributed by atoms with Gasteiger partial charge in [0.1, 0.15) is 22.5 Å². The summed E-state index contributed by atoms with van der Waals surface area (Å²) < 4.78 is 57.9. The molecule has 6 rings (SSSR count). The van der Waals surface area contributed by atoms with Crippen LogP contribution in [0, 0.1) is 0 Å². The molecule has 2 atom stereocenters. The Hall–Kier alpha value is -4.16. The molecule has 1 fully saturated rings. The molecule has 314 valence electrons. The molecule has 59 heavy (non-hydrogen) atoms. The molecule has 1 saturated heterocycles. The molecule has 0 saturated carbocycles. The van der Waals surface area contributed by atoms with Crippen LogP contribution in [0.4, 0.5) is 0 Å². The number of unbranched alkanes of at least 4 members (excludes halogenated alkanes) is 5. The van der Waals surface area contributed by atoms with E-state index < -0.39 is 16.2 Å². The summed E-state index contributed by atoms with van der Waals surface area (Å²) in [5.74, 6) is 0.982. The van der Waals surface area contributed by atoms with Crippen molar-refractivity contribution in [2.24, 2.45) is 0 Å². The minimum Gasteiger partial charge on any atom is -0.494 e. The highest BCUT2D eigenvalue weighted by molar-refractivity contribution is 8.00. The summed E-state index contributed by atoms with van der Waals surface area (Å²) in [6.07, 6.45) is 9.51. The van der Waals surface area contributed by atoms with Gasteiger partial charge in [-0.05, 0) is 114 Å². The molecule has 5 aromatic carbocycles. The van der Waals surface area contributed by atoms with E-state index in [2.05, 4.69) is 19.9 Å². The quantitative estimate of drug-likeness (QED) is 0.0509. The molecular weight excluding hydrogens is 781 g/mol. The average Bonchev–Trinajstić information content (AvgIpc) is 3.26. The van der Waals surface area contributed by atoms with Gasteiger partial charge in [0.2, 0.25) is 0 Å². The fourth-order valence-corrected chi connectivity index (χ4v) is 9.28. The molecule has 10 heteroatoms. The van der Waals surface area contributed by atoms with Gasteiger partial charge in [0.05, 0.1) is 19.8 Å². The second kappa shape index (κ2) is 23.0. The summed E-state index contributed by atoms with van der Waals surface area (Å²) in [4.78, 5) is 1.38. The maximum atomic E-state index is 14.1. The van der Waals surface area contributed by atoms with Crippen molar-refractivity contribution in [3.63, 3.8) is 0 Å². The Morgan fingerprint density at radius 1 is 0.746 bits per heavy atom. The summed E-state index contributed by atoms with van der Waals surface area (Å²) in [7, 11) is -4.29. The number of ether oxygens (including phenoxy) is 4. The lowest BCUT2D eigenvalue weighted by molar-refractivity contribution is -0.168. The molecule has 1 heterocycles. The van der Waals surface area contributed by atoms with Gasteiger partial charge in [-0.1, -0.05) is 124 Å². The van der Waals surface area contributed by atoms with Gasteiger partial charge in [0.25, 0.3) is 0 Å². The van der Waals surface area contributed by atoms with Crippen LogP contribution in [0.2, 0.25) is 0 Å². The third kappa shape index (κ3) is 13.4. The van der Waals surface area contributed by atoms with E-state index in [1.807, 2.05) is 66.7 Å². The van der Waals surface area contributed by atoms with Crippen molar-refractivity contribution in [2.45, 2.75) is 118 Å². The average molecular weight is 839 g/mol. The number of para-hydroxylation sites is 1. The zero-order valence-corrected chi connectivity index (χ0v) is 36.0. The zero-order chi connectivity index (χ0) is 41.3. The first-order valence-electron chi connectivity index (χ1n) is 21.1. The first-order chi connectivity index (χ1) is 28.8. The molecule has 8 nitrogen and oxygen atoms in total. The Morgan fingerprint density at radius 3 is 2.25 bits per heavy atom. The molecule has 0 radical (unpaired) electrons. The summed E-state index contributed by atoms with van der Waals surface area (Å²) in [6, 6.07) is 35.1. The van der Waals surface area contributed by atoms with Crippen LogP contribution < -0.4 is 8.92 Å². The van der Waals surface area contributed by atoms with E-state index in [-0.39, 0.29) is 16.9 Å². The van der Waals surface area contributed by atoms with Crippen LogP contribution in [0.5, 0.6) is 11.5 Å². The normalized spacial score (nSPS) is 14.9. The van der Waals surface area contributed by atoms with Crippen LogP contribution in [0.3, 0.4) is 0 Å². The largest absolute Gasteiger partial charge is 0.494 e. The van der Waals surface area contributed by atoms with E-state index in [1.165, 1.54) is 31.0 Å². The van der Waals surface area contributed by atoms with Crippen molar-refractivity contribution in [2.75, 3.05) is 19.8 Å². The number of hydrogen-bond donors (Lipinski definition) is 1. The van der Waals surface area contributed by atoms with Crippen LogP contribution in [0.25, 0.3) is 11.1 Å². The van der Waals surface area contributed by atoms with E-state index in [4.69, 9.17) is 23.1 Å². The highest BCUT2D eigenvalue weighted by Crippen LogP contribution is 2.40. The Bertz CT molecular complexity index is 2130. The van der Waals surface area contributed by atoms with Crippen LogP contribution in [0.15, 0.2) is 130 Å². The summed E-state index contributed by atoms with van der Waals surface area (Å²) in [6.45, 7) is 7.10. The SMILES string of the molecule is CCCCCCCOCc1cc(COC2CCCCO2)cc(C(O)c2ccccc2-c2ccc(Sc3ccc(OCCCC)cc3)c(S(=O)(=O)Oc3ccccc3)c2)c1.